The standard InChI is InChI=1S/C18H19N7O2/c1-23-17(26)9-16(24-8-4-7-15(12-24)21-22-20)25(18(23)27)11-14-6-3-2-5-13(14)10-19/h2-3,5-6,9,15H,4,7-8,11-12H2,1H3. The molecule has 2 aromatic rings. The molecule has 27 heavy (non-hydrogen) atoms. The minimum absolute atomic E-state index is 0.175. The number of hydrogen-bond donors (Lipinski definition) is 0. The zero-order chi connectivity index (χ0) is 19.4. The zero-order valence-electron chi connectivity index (χ0n) is 14.9. The third-order valence-corrected chi connectivity index (χ3v) is 4.78. The molecule has 1 atom stereocenters. The first-order valence-corrected chi connectivity index (χ1v) is 8.63. The lowest BCUT2D eigenvalue weighted by molar-refractivity contribution is 0.490. The van der Waals surface area contributed by atoms with E-state index in [4.69, 9.17) is 5.53 Å². The molecule has 9 nitrogen and oxygen atoms in total. The second-order valence-electron chi connectivity index (χ2n) is 6.48. The van der Waals surface area contributed by atoms with Crippen molar-refractivity contribution in [1.29, 1.82) is 5.26 Å². The highest BCUT2D eigenvalue weighted by atomic mass is 16.2. The summed E-state index contributed by atoms with van der Waals surface area (Å²) >= 11 is 0. The average Bonchev–Trinajstić information content (AvgIpc) is 2.69. The minimum atomic E-state index is -0.448. The van der Waals surface area contributed by atoms with Crippen molar-refractivity contribution in [3.05, 3.63) is 72.7 Å². The van der Waals surface area contributed by atoms with Crippen LogP contribution in [0, 0.1) is 11.3 Å². The van der Waals surface area contributed by atoms with Crippen molar-refractivity contribution < 1.29 is 0 Å². The molecular formula is C18H19N7O2. The van der Waals surface area contributed by atoms with Crippen LogP contribution in [0.15, 0.2) is 45.0 Å². The summed E-state index contributed by atoms with van der Waals surface area (Å²) in [6.07, 6.45) is 1.56. The van der Waals surface area contributed by atoms with Crippen molar-refractivity contribution in [3.63, 3.8) is 0 Å². The van der Waals surface area contributed by atoms with Crippen molar-refractivity contribution in [2.24, 2.45) is 12.2 Å². The summed E-state index contributed by atoms with van der Waals surface area (Å²) in [5.41, 5.74) is 9.04. The Bertz CT molecular complexity index is 1060. The van der Waals surface area contributed by atoms with Gasteiger partial charge in [0.05, 0.1) is 24.2 Å². The van der Waals surface area contributed by atoms with E-state index >= 15 is 0 Å². The summed E-state index contributed by atoms with van der Waals surface area (Å²) in [6.45, 7) is 1.27. The predicted octanol–water partition coefficient (Wildman–Crippen LogP) is 1.75. The maximum atomic E-state index is 12.8. The van der Waals surface area contributed by atoms with E-state index in [0.717, 1.165) is 17.4 Å². The summed E-state index contributed by atoms with van der Waals surface area (Å²) < 4.78 is 2.55. The van der Waals surface area contributed by atoms with E-state index in [0.29, 0.717) is 30.0 Å². The molecule has 1 aliphatic rings. The Labute approximate surface area is 155 Å². The molecule has 138 valence electrons. The fraction of sp³-hybridized carbons (Fsp3) is 0.389. The van der Waals surface area contributed by atoms with Crippen molar-refractivity contribution in [2.75, 3.05) is 18.0 Å². The predicted molar refractivity (Wildman–Crippen MR) is 101 cm³/mol. The van der Waals surface area contributed by atoms with Crippen LogP contribution in [-0.4, -0.2) is 28.3 Å². The van der Waals surface area contributed by atoms with Gasteiger partial charge in [0.15, 0.2) is 0 Å². The number of aromatic nitrogens is 2. The second-order valence-corrected chi connectivity index (χ2v) is 6.48. The Kier molecular flexibility index (Phi) is 5.29. The zero-order valence-corrected chi connectivity index (χ0v) is 14.9. The molecule has 1 aromatic heterocycles. The first kappa shape index (κ1) is 18.3. The molecule has 0 N–H and O–H groups in total. The number of nitrogens with zero attached hydrogens (tertiary/aromatic N) is 7. The number of rotatable bonds is 4. The molecule has 1 saturated heterocycles. The molecule has 3 rings (SSSR count). The fourth-order valence-corrected chi connectivity index (χ4v) is 3.34. The topological polar surface area (TPSA) is 120 Å². The SMILES string of the molecule is Cn1c(=O)cc(N2CCCC(N=[N+]=[N-])C2)n(Cc2ccccc2C#N)c1=O. The van der Waals surface area contributed by atoms with Gasteiger partial charge in [-0.05, 0) is 30.0 Å². The largest absolute Gasteiger partial charge is 0.357 e. The van der Waals surface area contributed by atoms with Crippen molar-refractivity contribution in [2.45, 2.75) is 25.4 Å². The first-order chi connectivity index (χ1) is 13.0. The van der Waals surface area contributed by atoms with Crippen LogP contribution >= 0.6 is 0 Å². The molecule has 1 fully saturated rings. The summed E-state index contributed by atoms with van der Waals surface area (Å²) in [7, 11) is 1.43. The van der Waals surface area contributed by atoms with E-state index in [1.54, 1.807) is 24.3 Å². The highest BCUT2D eigenvalue weighted by Gasteiger charge is 2.23. The molecule has 0 bridgehead atoms. The number of piperidine rings is 1. The van der Waals surface area contributed by atoms with Gasteiger partial charge in [-0.1, -0.05) is 23.3 Å². The Balaban J connectivity index is 2.09. The average molecular weight is 365 g/mol. The quantitative estimate of drug-likeness (QED) is 0.465. The van der Waals surface area contributed by atoms with E-state index in [-0.39, 0.29) is 12.6 Å². The van der Waals surface area contributed by atoms with Crippen LogP contribution in [0.5, 0.6) is 0 Å². The highest BCUT2D eigenvalue weighted by molar-refractivity contribution is 5.42. The summed E-state index contributed by atoms with van der Waals surface area (Å²) in [5, 5.41) is 13.1. The van der Waals surface area contributed by atoms with Gasteiger partial charge in [0, 0.05) is 31.1 Å². The van der Waals surface area contributed by atoms with Crippen LogP contribution < -0.4 is 16.1 Å². The Morgan fingerprint density at radius 1 is 1.37 bits per heavy atom. The lowest BCUT2D eigenvalue weighted by Crippen LogP contribution is -2.45. The number of nitriles is 1. The molecule has 0 spiro atoms. The van der Waals surface area contributed by atoms with Crippen LogP contribution in [-0.2, 0) is 13.6 Å². The first-order valence-electron chi connectivity index (χ1n) is 8.63. The van der Waals surface area contributed by atoms with E-state index in [1.165, 1.54) is 17.7 Å². The van der Waals surface area contributed by atoms with Crippen LogP contribution in [0.3, 0.4) is 0 Å². The van der Waals surface area contributed by atoms with Crippen molar-refractivity contribution >= 4 is 5.82 Å². The lowest BCUT2D eigenvalue weighted by atomic mass is 10.1. The number of benzene rings is 1. The normalized spacial score (nSPS) is 16.4. The highest BCUT2D eigenvalue weighted by Crippen LogP contribution is 2.21. The van der Waals surface area contributed by atoms with Gasteiger partial charge in [0.25, 0.3) is 5.56 Å². The molecular weight excluding hydrogens is 346 g/mol. The van der Waals surface area contributed by atoms with Crippen LogP contribution in [0.4, 0.5) is 5.82 Å². The van der Waals surface area contributed by atoms with Crippen LogP contribution in [0.25, 0.3) is 10.4 Å². The van der Waals surface area contributed by atoms with Gasteiger partial charge < -0.3 is 4.90 Å². The van der Waals surface area contributed by atoms with Gasteiger partial charge in [-0.15, -0.1) is 0 Å². The van der Waals surface area contributed by atoms with Gasteiger partial charge in [0.2, 0.25) is 0 Å². The Morgan fingerprint density at radius 2 is 2.15 bits per heavy atom. The molecule has 1 aliphatic heterocycles. The number of hydrogen-bond acceptors (Lipinski definition) is 5. The molecule has 0 saturated carbocycles. The van der Waals surface area contributed by atoms with E-state index in [2.05, 4.69) is 16.1 Å². The second kappa shape index (κ2) is 7.81. The Hall–Kier alpha value is -3.50. The maximum Gasteiger partial charge on any atom is 0.332 e. The van der Waals surface area contributed by atoms with Gasteiger partial charge in [-0.3, -0.25) is 13.9 Å². The summed E-state index contributed by atoms with van der Waals surface area (Å²) in [4.78, 5) is 29.8. The monoisotopic (exact) mass is 365 g/mol. The third kappa shape index (κ3) is 3.71. The van der Waals surface area contributed by atoms with Gasteiger partial charge >= 0.3 is 5.69 Å². The van der Waals surface area contributed by atoms with Gasteiger partial charge in [0.1, 0.15) is 5.82 Å². The molecule has 0 aliphatic carbocycles. The van der Waals surface area contributed by atoms with Gasteiger partial charge in [-0.2, -0.15) is 5.26 Å². The number of anilines is 1. The lowest BCUT2D eigenvalue weighted by Gasteiger charge is -2.33. The van der Waals surface area contributed by atoms with E-state index in [9.17, 15) is 14.9 Å². The summed E-state index contributed by atoms with van der Waals surface area (Å²) in [6, 6.07) is 10.4. The molecule has 1 aromatic carbocycles. The van der Waals surface area contributed by atoms with Gasteiger partial charge in [-0.25, -0.2) is 4.79 Å². The molecule has 1 unspecified atom stereocenters. The van der Waals surface area contributed by atoms with E-state index < -0.39 is 11.2 Å². The van der Waals surface area contributed by atoms with E-state index in [1.807, 2.05) is 4.90 Å². The fourth-order valence-electron chi connectivity index (χ4n) is 3.34. The third-order valence-electron chi connectivity index (χ3n) is 4.78. The molecule has 0 radical (unpaired) electrons. The maximum absolute atomic E-state index is 12.8. The molecule has 9 heteroatoms. The number of azide groups is 1. The van der Waals surface area contributed by atoms with Crippen molar-refractivity contribution in [1.82, 2.24) is 9.13 Å². The Morgan fingerprint density at radius 3 is 2.89 bits per heavy atom. The van der Waals surface area contributed by atoms with Crippen LogP contribution in [0.2, 0.25) is 0 Å². The van der Waals surface area contributed by atoms with Crippen molar-refractivity contribution in [3.8, 4) is 6.07 Å². The minimum Gasteiger partial charge on any atom is -0.357 e. The van der Waals surface area contributed by atoms with Crippen LogP contribution in [0.1, 0.15) is 24.0 Å². The molecule has 2 heterocycles. The summed E-state index contributed by atoms with van der Waals surface area (Å²) in [5.74, 6) is 0.480. The molecule has 0 amide bonds. The smallest absolute Gasteiger partial charge is 0.332 e.